The van der Waals surface area contributed by atoms with E-state index in [9.17, 15) is 15.0 Å². The van der Waals surface area contributed by atoms with Crippen LogP contribution in [0.25, 0.3) is 0 Å². The van der Waals surface area contributed by atoms with Crippen LogP contribution in [0.2, 0.25) is 0 Å². The molecule has 0 radical (unpaired) electrons. The lowest BCUT2D eigenvalue weighted by Crippen LogP contribution is -2.03. The third-order valence-electron chi connectivity index (χ3n) is 3.00. The Balaban J connectivity index is 2.34. The van der Waals surface area contributed by atoms with Crippen molar-refractivity contribution in [1.82, 2.24) is 0 Å². The Morgan fingerprint density at radius 1 is 1.10 bits per heavy atom. The minimum Gasteiger partial charge on any atom is -0.507 e. The summed E-state index contributed by atoms with van der Waals surface area (Å²) in [4.78, 5) is 11.0. The summed E-state index contributed by atoms with van der Waals surface area (Å²) in [5.74, 6) is -0.910. The van der Waals surface area contributed by atoms with Gasteiger partial charge in [-0.3, -0.25) is 0 Å². The highest BCUT2D eigenvalue weighted by molar-refractivity contribution is 5.91. The van der Waals surface area contributed by atoms with Crippen molar-refractivity contribution < 1.29 is 24.9 Å². The number of carboxylic acids is 1. The monoisotopic (exact) mass is 274 g/mol. The van der Waals surface area contributed by atoms with Crippen LogP contribution in [-0.4, -0.2) is 28.4 Å². The number of ether oxygens (including phenoxy) is 1. The molecular formula is C15H14O5. The van der Waals surface area contributed by atoms with Crippen molar-refractivity contribution in [2.45, 2.75) is 6.10 Å². The van der Waals surface area contributed by atoms with Crippen molar-refractivity contribution in [1.29, 1.82) is 0 Å². The maximum atomic E-state index is 11.0. The second-order valence-electron chi connectivity index (χ2n) is 4.26. The molecule has 0 heterocycles. The average Bonchev–Trinajstić information content (AvgIpc) is 2.47. The van der Waals surface area contributed by atoms with Gasteiger partial charge in [-0.25, -0.2) is 4.79 Å². The van der Waals surface area contributed by atoms with Gasteiger partial charge in [-0.1, -0.05) is 18.2 Å². The van der Waals surface area contributed by atoms with E-state index in [-0.39, 0.29) is 11.3 Å². The highest BCUT2D eigenvalue weighted by atomic mass is 16.5. The van der Waals surface area contributed by atoms with Crippen LogP contribution < -0.4 is 4.74 Å². The van der Waals surface area contributed by atoms with Crippen molar-refractivity contribution in [3.05, 3.63) is 59.2 Å². The summed E-state index contributed by atoms with van der Waals surface area (Å²) in [7, 11) is 1.55. The normalized spacial score (nSPS) is 11.9. The molecule has 2 aromatic rings. The van der Waals surface area contributed by atoms with E-state index in [1.807, 2.05) is 0 Å². The summed E-state index contributed by atoms with van der Waals surface area (Å²) in [6, 6.07) is 10.8. The highest BCUT2D eigenvalue weighted by Crippen LogP contribution is 2.27. The molecule has 5 heteroatoms. The summed E-state index contributed by atoms with van der Waals surface area (Å²) in [6.07, 6.45) is -0.973. The van der Waals surface area contributed by atoms with Crippen molar-refractivity contribution in [3.63, 3.8) is 0 Å². The van der Waals surface area contributed by atoms with Crippen LogP contribution in [0.1, 0.15) is 27.6 Å². The molecule has 20 heavy (non-hydrogen) atoms. The number of phenols is 1. The molecule has 0 aromatic heterocycles. The van der Waals surface area contributed by atoms with Crippen molar-refractivity contribution in [2.75, 3.05) is 7.11 Å². The summed E-state index contributed by atoms with van der Waals surface area (Å²) >= 11 is 0. The van der Waals surface area contributed by atoms with E-state index in [0.717, 1.165) is 0 Å². The van der Waals surface area contributed by atoms with Crippen LogP contribution in [0.3, 0.4) is 0 Å². The van der Waals surface area contributed by atoms with Gasteiger partial charge < -0.3 is 20.1 Å². The summed E-state index contributed by atoms with van der Waals surface area (Å²) in [5, 5.41) is 28.6. The number of rotatable bonds is 4. The molecule has 104 valence electrons. The van der Waals surface area contributed by atoms with Gasteiger partial charge in [0.15, 0.2) is 0 Å². The van der Waals surface area contributed by atoms with Crippen LogP contribution in [0.15, 0.2) is 42.5 Å². The molecule has 0 saturated carbocycles. The Kier molecular flexibility index (Phi) is 3.91. The first-order chi connectivity index (χ1) is 9.52. The Hall–Kier alpha value is -2.53. The minimum absolute atomic E-state index is 0.241. The zero-order valence-corrected chi connectivity index (χ0v) is 10.8. The van der Waals surface area contributed by atoms with E-state index < -0.39 is 12.1 Å². The van der Waals surface area contributed by atoms with Crippen molar-refractivity contribution in [3.8, 4) is 11.5 Å². The van der Waals surface area contributed by atoms with Crippen molar-refractivity contribution >= 4 is 5.97 Å². The molecule has 3 N–H and O–H groups in total. The lowest BCUT2D eigenvalue weighted by molar-refractivity contribution is 0.0693. The molecule has 1 unspecified atom stereocenters. The predicted octanol–water partition coefficient (Wildman–Crippen LogP) is 2.18. The van der Waals surface area contributed by atoms with Gasteiger partial charge in [0.05, 0.1) is 7.11 Å². The molecule has 0 bridgehead atoms. The number of carbonyl (C=O) groups is 1. The molecular weight excluding hydrogens is 260 g/mol. The molecule has 0 aliphatic heterocycles. The number of hydrogen-bond acceptors (Lipinski definition) is 4. The van der Waals surface area contributed by atoms with Gasteiger partial charge in [0.1, 0.15) is 23.2 Å². The van der Waals surface area contributed by atoms with E-state index in [1.165, 1.54) is 18.2 Å². The van der Waals surface area contributed by atoms with E-state index in [2.05, 4.69) is 0 Å². The first-order valence-corrected chi connectivity index (χ1v) is 5.91. The molecule has 0 aliphatic rings. The summed E-state index contributed by atoms with van der Waals surface area (Å²) in [6.45, 7) is 0. The lowest BCUT2D eigenvalue weighted by Gasteiger charge is -2.13. The van der Waals surface area contributed by atoms with Gasteiger partial charge in [0, 0.05) is 0 Å². The second-order valence-corrected chi connectivity index (χ2v) is 4.26. The van der Waals surface area contributed by atoms with Crippen LogP contribution in [-0.2, 0) is 0 Å². The number of carboxylic acid groups (broad SMARTS) is 1. The number of aromatic carboxylic acids is 1. The first kappa shape index (κ1) is 13.9. The summed E-state index contributed by atoms with van der Waals surface area (Å²) < 4.78 is 5.03. The number of aliphatic hydroxyl groups is 1. The third kappa shape index (κ3) is 2.73. The molecule has 0 spiro atoms. The molecule has 5 nitrogen and oxygen atoms in total. The van der Waals surface area contributed by atoms with E-state index >= 15 is 0 Å². The SMILES string of the molecule is COc1ccc(C(O)c2ccc(O)c(C(=O)O)c2)cc1. The molecule has 1 atom stereocenters. The standard InChI is InChI=1S/C15H14O5/c1-20-11-5-2-9(3-6-11)14(17)10-4-7-13(16)12(8-10)15(18)19/h2-8,14,16-17H,1H3,(H,18,19). The van der Waals surface area contributed by atoms with Gasteiger partial charge >= 0.3 is 5.97 Å². The van der Waals surface area contributed by atoms with Gasteiger partial charge in [0.25, 0.3) is 0 Å². The topological polar surface area (TPSA) is 87.0 Å². The van der Waals surface area contributed by atoms with E-state index in [4.69, 9.17) is 9.84 Å². The number of hydrogen-bond donors (Lipinski definition) is 3. The maximum Gasteiger partial charge on any atom is 0.339 e. The maximum absolute atomic E-state index is 11.0. The smallest absolute Gasteiger partial charge is 0.339 e. The Morgan fingerprint density at radius 3 is 2.25 bits per heavy atom. The summed E-state index contributed by atoms with van der Waals surface area (Å²) in [5.41, 5.74) is 0.758. The van der Waals surface area contributed by atoms with Crippen LogP contribution in [0, 0.1) is 0 Å². The average molecular weight is 274 g/mol. The van der Waals surface area contributed by atoms with Crippen LogP contribution >= 0.6 is 0 Å². The number of methoxy groups -OCH3 is 1. The quantitative estimate of drug-likeness (QED) is 0.795. The fourth-order valence-corrected chi connectivity index (χ4v) is 1.87. The Labute approximate surface area is 115 Å². The van der Waals surface area contributed by atoms with Crippen LogP contribution in [0.4, 0.5) is 0 Å². The van der Waals surface area contributed by atoms with Gasteiger partial charge in [-0.2, -0.15) is 0 Å². The third-order valence-corrected chi connectivity index (χ3v) is 3.00. The molecule has 0 amide bonds. The first-order valence-electron chi connectivity index (χ1n) is 5.91. The number of benzene rings is 2. The van der Waals surface area contributed by atoms with E-state index in [0.29, 0.717) is 16.9 Å². The molecule has 0 saturated heterocycles. The highest BCUT2D eigenvalue weighted by Gasteiger charge is 2.16. The van der Waals surface area contributed by atoms with Crippen molar-refractivity contribution in [2.24, 2.45) is 0 Å². The Bertz CT molecular complexity index is 619. The van der Waals surface area contributed by atoms with Gasteiger partial charge in [-0.15, -0.1) is 0 Å². The molecule has 0 fully saturated rings. The van der Waals surface area contributed by atoms with Gasteiger partial charge in [0.2, 0.25) is 0 Å². The number of aliphatic hydroxyl groups excluding tert-OH is 1. The molecule has 2 rings (SSSR count). The predicted molar refractivity (Wildman–Crippen MR) is 72.1 cm³/mol. The minimum atomic E-state index is -1.24. The second kappa shape index (κ2) is 5.63. The fourth-order valence-electron chi connectivity index (χ4n) is 1.87. The number of aromatic hydroxyl groups is 1. The zero-order chi connectivity index (χ0) is 14.7. The largest absolute Gasteiger partial charge is 0.507 e. The lowest BCUT2D eigenvalue weighted by atomic mass is 9.99. The Morgan fingerprint density at radius 2 is 1.70 bits per heavy atom. The van der Waals surface area contributed by atoms with E-state index in [1.54, 1.807) is 31.4 Å². The zero-order valence-electron chi connectivity index (χ0n) is 10.8. The fraction of sp³-hybridized carbons (Fsp3) is 0.133. The molecule has 0 aliphatic carbocycles. The molecule has 2 aromatic carbocycles. The van der Waals surface area contributed by atoms with Gasteiger partial charge in [-0.05, 0) is 35.4 Å². The van der Waals surface area contributed by atoms with Crippen LogP contribution in [0.5, 0.6) is 11.5 Å².